The van der Waals surface area contributed by atoms with Gasteiger partial charge in [-0.25, -0.2) is 0 Å². The van der Waals surface area contributed by atoms with Gasteiger partial charge < -0.3 is 16.1 Å². The summed E-state index contributed by atoms with van der Waals surface area (Å²) in [6, 6.07) is 8.71. The molecule has 0 bridgehead atoms. The van der Waals surface area contributed by atoms with Crippen LogP contribution in [0.4, 0.5) is 0 Å². The van der Waals surface area contributed by atoms with E-state index in [1.807, 2.05) is 0 Å². The van der Waals surface area contributed by atoms with Crippen LogP contribution < -0.4 is 2.81 Å². The van der Waals surface area contributed by atoms with E-state index < -0.39 is 5.97 Å². The Labute approximate surface area is 142 Å². The van der Waals surface area contributed by atoms with Gasteiger partial charge in [0, 0.05) is 6.42 Å². The molecule has 1 aliphatic carbocycles. The maximum atomic E-state index is 11.5. The average molecular weight is 306 g/mol. The Bertz CT molecular complexity index is 430. The van der Waals surface area contributed by atoms with Crippen LogP contribution in [0.25, 0.3) is 0 Å². The van der Waals surface area contributed by atoms with Crippen molar-refractivity contribution in [2.45, 2.75) is 39.0 Å². The Morgan fingerprint density at radius 2 is 1.81 bits per heavy atom. The normalized spacial score (nSPS) is 16.1. The maximum absolute atomic E-state index is 11.5. The molecule has 1 aromatic carbocycles. The summed E-state index contributed by atoms with van der Waals surface area (Å²) in [5.74, 6) is 0.0416. The third-order valence-corrected chi connectivity index (χ3v) is 4.00. The third-order valence-electron chi connectivity index (χ3n) is 3.34. The fraction of sp³-hybridized carbons (Fsp3) is 0.467. The van der Waals surface area contributed by atoms with Gasteiger partial charge in [-0.1, -0.05) is 6.92 Å². The summed E-state index contributed by atoms with van der Waals surface area (Å²) in [7, 11) is 0. The van der Waals surface area contributed by atoms with E-state index in [0.29, 0.717) is 11.7 Å². The minimum absolute atomic E-state index is 0. The molecule has 1 saturated carbocycles. The van der Waals surface area contributed by atoms with E-state index >= 15 is 0 Å². The zero-order valence-electron chi connectivity index (χ0n) is 12.7. The van der Waals surface area contributed by atoms with Crippen LogP contribution in [0.1, 0.15) is 38.2 Å². The van der Waals surface area contributed by atoms with E-state index in [-0.39, 0.29) is 17.4 Å². The molecular weight excluding hydrogens is 283 g/mol. The molecule has 2 rings (SSSR count). The Kier molecular flexibility index (Phi) is 12.8. The van der Waals surface area contributed by atoms with Crippen LogP contribution in [0.5, 0.6) is 0 Å². The second-order valence-electron chi connectivity index (χ2n) is 4.99. The van der Waals surface area contributed by atoms with Crippen LogP contribution in [-0.2, 0) is 16.0 Å². The van der Waals surface area contributed by atoms with Crippen LogP contribution in [0.2, 0.25) is 0 Å². The topological polar surface area (TPSA) is 117 Å². The molecule has 0 saturated heterocycles. The van der Waals surface area contributed by atoms with E-state index in [0.717, 1.165) is 53.6 Å². The first kappa shape index (κ1) is 22.6. The fourth-order valence-electron chi connectivity index (χ4n) is 2.11. The van der Waals surface area contributed by atoms with Crippen molar-refractivity contribution in [2.24, 2.45) is 5.92 Å². The number of Topliss-reactive ketones (excluding diaryl/α,β-unsaturated/α-hetero) is 1. The molecule has 0 amide bonds. The zero-order valence-corrected chi connectivity index (χ0v) is 14.7. The van der Waals surface area contributed by atoms with Gasteiger partial charge in [-0.15, -0.1) is 0 Å². The summed E-state index contributed by atoms with van der Waals surface area (Å²) in [6.07, 6.45) is 4.19. The standard InChI is InChI=1S/C12H13O.C3H6O2.Na.2H2O/c13-12-8-4-7-11(12)9-10-5-2-1-3-6-10;1-2-3(4)5;;;/h2-3,5-6,11H,4,7-9H2;2H2,1H3,(H,4,5);;2*1H2. The molecule has 1 aliphatic rings. The minimum atomic E-state index is -0.745. The van der Waals surface area contributed by atoms with Gasteiger partial charge in [-0.05, 0) is 0 Å². The van der Waals surface area contributed by atoms with Crippen LogP contribution >= 0.6 is 0 Å². The number of carboxylic acids is 1. The molecule has 6 heteroatoms. The van der Waals surface area contributed by atoms with E-state index in [9.17, 15) is 9.59 Å². The number of aliphatic carboxylic acids is 1. The molecule has 1 unspecified atom stereocenters. The second kappa shape index (κ2) is 11.9. The van der Waals surface area contributed by atoms with Gasteiger partial charge in [0.1, 0.15) is 0 Å². The number of carbonyl (C=O) groups is 2. The van der Waals surface area contributed by atoms with Gasteiger partial charge in [0.15, 0.2) is 0 Å². The Morgan fingerprint density at radius 3 is 2.19 bits per heavy atom. The van der Waals surface area contributed by atoms with Crippen LogP contribution in [-0.4, -0.2) is 55.7 Å². The SMILES string of the molecule is CCC(=O)O.O.O.O=C1CCCC1Cc1cc[c]([Na])cc1. The first-order valence-electron chi connectivity index (χ1n) is 6.83. The molecule has 0 heterocycles. The van der Waals surface area contributed by atoms with Gasteiger partial charge in [0.2, 0.25) is 0 Å². The van der Waals surface area contributed by atoms with Crippen molar-refractivity contribution in [3.63, 3.8) is 0 Å². The van der Waals surface area contributed by atoms with Gasteiger partial charge in [-0.3, -0.25) is 4.79 Å². The van der Waals surface area contributed by atoms with Crippen molar-refractivity contribution >= 4 is 42.5 Å². The van der Waals surface area contributed by atoms with Crippen molar-refractivity contribution < 1.29 is 25.6 Å². The number of hydrogen-bond acceptors (Lipinski definition) is 2. The van der Waals surface area contributed by atoms with Crippen molar-refractivity contribution in [3.05, 3.63) is 29.8 Å². The molecule has 0 aliphatic heterocycles. The van der Waals surface area contributed by atoms with Crippen molar-refractivity contribution in [1.29, 1.82) is 0 Å². The van der Waals surface area contributed by atoms with E-state index in [1.165, 1.54) is 8.38 Å². The molecule has 5 N–H and O–H groups in total. The summed E-state index contributed by atoms with van der Waals surface area (Å²) in [5.41, 5.74) is 1.32. The predicted molar refractivity (Wildman–Crippen MR) is 83.0 cm³/mol. The molecule has 21 heavy (non-hydrogen) atoms. The number of rotatable bonds is 3. The molecular formula is C15H23NaO5. The summed E-state index contributed by atoms with van der Waals surface area (Å²) in [6.45, 7) is 1.60. The number of carboxylic acid groups (broad SMARTS) is 1. The monoisotopic (exact) mass is 306 g/mol. The van der Waals surface area contributed by atoms with Gasteiger partial charge in [-0.2, -0.15) is 0 Å². The fourth-order valence-corrected chi connectivity index (χ4v) is 2.45. The molecule has 5 nitrogen and oxygen atoms in total. The molecule has 1 aromatic rings. The molecule has 1 fully saturated rings. The predicted octanol–water partition coefficient (Wildman–Crippen LogP) is 0.224. The van der Waals surface area contributed by atoms with Gasteiger partial charge in [0.05, 0.1) is 0 Å². The summed E-state index contributed by atoms with van der Waals surface area (Å²) >= 11 is 1.11. The number of benzene rings is 1. The van der Waals surface area contributed by atoms with E-state index in [1.54, 1.807) is 6.92 Å². The summed E-state index contributed by atoms with van der Waals surface area (Å²) in [4.78, 5) is 20.8. The first-order valence-corrected chi connectivity index (χ1v) is 7.83. The molecule has 1 atom stereocenters. The summed E-state index contributed by atoms with van der Waals surface area (Å²) in [5, 5.41) is 7.72. The van der Waals surface area contributed by atoms with Crippen molar-refractivity contribution in [1.82, 2.24) is 0 Å². The summed E-state index contributed by atoms with van der Waals surface area (Å²) < 4.78 is 1.42. The van der Waals surface area contributed by atoms with Crippen LogP contribution in [0.3, 0.4) is 0 Å². The second-order valence-corrected chi connectivity index (χ2v) is 6.15. The molecule has 0 spiro atoms. The number of hydrogen-bond donors (Lipinski definition) is 1. The zero-order chi connectivity index (χ0) is 14.3. The van der Waals surface area contributed by atoms with Gasteiger partial charge >= 0.3 is 109 Å². The van der Waals surface area contributed by atoms with Crippen LogP contribution in [0.15, 0.2) is 24.3 Å². The molecule has 0 radical (unpaired) electrons. The van der Waals surface area contributed by atoms with Crippen LogP contribution in [0, 0.1) is 5.92 Å². The van der Waals surface area contributed by atoms with Crippen molar-refractivity contribution in [3.8, 4) is 0 Å². The molecule has 114 valence electrons. The number of ketones is 1. The third kappa shape index (κ3) is 9.01. The Hall–Kier alpha value is -0.720. The van der Waals surface area contributed by atoms with Gasteiger partial charge in [0.25, 0.3) is 0 Å². The van der Waals surface area contributed by atoms with E-state index in [4.69, 9.17) is 5.11 Å². The number of carbonyl (C=O) groups excluding carboxylic acids is 1. The average Bonchev–Trinajstić information content (AvgIpc) is 2.79. The first-order chi connectivity index (χ1) is 9.02. The van der Waals surface area contributed by atoms with Crippen molar-refractivity contribution in [2.75, 3.05) is 0 Å². The van der Waals surface area contributed by atoms with E-state index in [2.05, 4.69) is 24.3 Å². The molecule has 0 aromatic heterocycles. The Balaban J connectivity index is 0. The Morgan fingerprint density at radius 1 is 1.29 bits per heavy atom. The quantitative estimate of drug-likeness (QED) is 0.805.